The summed E-state index contributed by atoms with van der Waals surface area (Å²) in [4.78, 5) is 0. The third-order valence-corrected chi connectivity index (χ3v) is 2.69. The van der Waals surface area contributed by atoms with Crippen molar-refractivity contribution in [1.29, 1.82) is 5.26 Å². The number of methoxy groups -OCH3 is 1. The Hall–Kier alpha value is -1.60. The Kier molecular flexibility index (Phi) is 4.47. The summed E-state index contributed by atoms with van der Waals surface area (Å²) in [5.74, 6) is -0.403. The second kappa shape index (κ2) is 5.65. The van der Waals surface area contributed by atoms with Crippen molar-refractivity contribution < 1.29 is 9.13 Å². The van der Waals surface area contributed by atoms with Gasteiger partial charge in [-0.1, -0.05) is 0 Å². The zero-order valence-electron chi connectivity index (χ0n) is 10.4. The largest absolute Gasteiger partial charge is 0.383 e. The minimum absolute atomic E-state index is 0.226. The highest BCUT2D eigenvalue weighted by atomic mass is 19.1. The number of ether oxygens (including phenoxy) is 1. The molecule has 0 aromatic heterocycles. The number of nitrogens with one attached hydrogen (secondary N) is 1. The van der Waals surface area contributed by atoms with Gasteiger partial charge in [-0.25, -0.2) is 4.39 Å². The van der Waals surface area contributed by atoms with Gasteiger partial charge in [0, 0.05) is 13.7 Å². The highest BCUT2D eigenvalue weighted by Crippen LogP contribution is 2.17. The predicted octanol–water partition coefficient (Wildman–Crippen LogP) is 2.92. The Morgan fingerprint density at radius 2 is 2.18 bits per heavy atom. The van der Waals surface area contributed by atoms with E-state index in [1.807, 2.05) is 19.9 Å². The van der Waals surface area contributed by atoms with Crippen LogP contribution in [0.2, 0.25) is 0 Å². The molecule has 0 spiro atoms. The first-order valence-corrected chi connectivity index (χ1v) is 5.47. The Labute approximate surface area is 101 Å². The van der Waals surface area contributed by atoms with Gasteiger partial charge in [0.05, 0.1) is 22.9 Å². The van der Waals surface area contributed by atoms with E-state index in [1.165, 1.54) is 6.07 Å². The molecule has 0 aliphatic rings. The van der Waals surface area contributed by atoms with Crippen molar-refractivity contribution >= 4 is 5.69 Å². The molecule has 0 saturated heterocycles. The Morgan fingerprint density at radius 1 is 1.47 bits per heavy atom. The van der Waals surface area contributed by atoms with E-state index in [0.717, 1.165) is 6.42 Å². The first kappa shape index (κ1) is 13.5. The lowest BCUT2D eigenvalue weighted by Gasteiger charge is -2.23. The number of anilines is 1. The number of hydrogen-bond acceptors (Lipinski definition) is 3. The van der Waals surface area contributed by atoms with Crippen LogP contribution in [0.15, 0.2) is 18.2 Å². The van der Waals surface area contributed by atoms with E-state index in [0.29, 0.717) is 17.8 Å². The molecule has 1 aromatic rings. The molecule has 0 radical (unpaired) electrons. The minimum Gasteiger partial charge on any atom is -0.383 e. The van der Waals surface area contributed by atoms with Gasteiger partial charge in [-0.05, 0) is 38.5 Å². The number of hydrogen-bond donors (Lipinski definition) is 1. The summed E-state index contributed by atoms with van der Waals surface area (Å²) >= 11 is 0. The Morgan fingerprint density at radius 3 is 2.71 bits per heavy atom. The van der Waals surface area contributed by atoms with Crippen LogP contribution in [-0.4, -0.2) is 19.3 Å². The lowest BCUT2D eigenvalue weighted by atomic mass is 10.1. The molecule has 0 aliphatic carbocycles. The molecule has 0 unspecified atom stereocenters. The molecule has 3 nitrogen and oxygen atoms in total. The molecule has 17 heavy (non-hydrogen) atoms. The highest BCUT2D eigenvalue weighted by molar-refractivity contribution is 5.48. The van der Waals surface area contributed by atoms with E-state index in [9.17, 15) is 4.39 Å². The van der Waals surface area contributed by atoms with Crippen LogP contribution < -0.4 is 5.32 Å². The molecule has 92 valence electrons. The Bertz CT molecular complexity index is 424. The molecule has 4 heteroatoms. The van der Waals surface area contributed by atoms with E-state index in [2.05, 4.69) is 5.32 Å². The van der Waals surface area contributed by atoms with Crippen LogP contribution >= 0.6 is 0 Å². The van der Waals surface area contributed by atoms with Crippen molar-refractivity contribution in [3.05, 3.63) is 29.6 Å². The molecule has 0 fully saturated rings. The van der Waals surface area contributed by atoms with Crippen molar-refractivity contribution in [1.82, 2.24) is 0 Å². The van der Waals surface area contributed by atoms with Crippen LogP contribution in [0, 0.1) is 17.1 Å². The predicted molar refractivity (Wildman–Crippen MR) is 65.3 cm³/mol. The average Bonchev–Trinajstić information content (AvgIpc) is 2.31. The molecule has 1 aromatic carbocycles. The second-order valence-corrected chi connectivity index (χ2v) is 4.45. The standard InChI is InChI=1S/C13H17FN2O/c1-13(2,17-3)6-7-16-12-5-4-10(9-15)8-11(12)14/h4-5,8,16H,6-7H2,1-3H3. The van der Waals surface area contributed by atoms with E-state index >= 15 is 0 Å². The van der Waals surface area contributed by atoms with Gasteiger partial charge in [-0.2, -0.15) is 5.26 Å². The number of benzene rings is 1. The van der Waals surface area contributed by atoms with E-state index in [4.69, 9.17) is 10.00 Å². The molecule has 0 amide bonds. The van der Waals surface area contributed by atoms with Gasteiger partial charge in [-0.15, -0.1) is 0 Å². The average molecular weight is 236 g/mol. The summed E-state index contributed by atoms with van der Waals surface area (Å²) in [5, 5.41) is 11.6. The summed E-state index contributed by atoms with van der Waals surface area (Å²) in [6, 6.07) is 6.29. The van der Waals surface area contributed by atoms with Gasteiger partial charge in [0.25, 0.3) is 0 Å². The summed E-state index contributed by atoms with van der Waals surface area (Å²) in [5.41, 5.74) is 0.511. The monoisotopic (exact) mass is 236 g/mol. The second-order valence-electron chi connectivity index (χ2n) is 4.45. The van der Waals surface area contributed by atoms with Crippen molar-refractivity contribution in [3.8, 4) is 6.07 Å². The molecule has 0 aliphatic heterocycles. The molecular weight excluding hydrogens is 219 g/mol. The van der Waals surface area contributed by atoms with E-state index in [-0.39, 0.29) is 5.60 Å². The van der Waals surface area contributed by atoms with Crippen LogP contribution in [0.1, 0.15) is 25.8 Å². The van der Waals surface area contributed by atoms with Gasteiger partial charge in [0.15, 0.2) is 0 Å². The zero-order valence-corrected chi connectivity index (χ0v) is 10.4. The SMILES string of the molecule is COC(C)(C)CCNc1ccc(C#N)cc1F. The number of nitriles is 1. The van der Waals surface area contributed by atoms with Crippen LogP contribution in [-0.2, 0) is 4.74 Å². The summed E-state index contributed by atoms with van der Waals surface area (Å²) < 4.78 is 18.8. The highest BCUT2D eigenvalue weighted by Gasteiger charge is 2.15. The quantitative estimate of drug-likeness (QED) is 0.855. The Balaban J connectivity index is 2.56. The molecule has 1 rings (SSSR count). The third-order valence-electron chi connectivity index (χ3n) is 2.69. The van der Waals surface area contributed by atoms with Crippen LogP contribution in [0.4, 0.5) is 10.1 Å². The van der Waals surface area contributed by atoms with Crippen LogP contribution in [0.25, 0.3) is 0 Å². The van der Waals surface area contributed by atoms with Gasteiger partial charge < -0.3 is 10.1 Å². The third kappa shape index (κ3) is 4.04. The number of nitrogens with zero attached hydrogens (tertiary/aromatic N) is 1. The maximum atomic E-state index is 13.5. The summed E-state index contributed by atoms with van der Waals surface area (Å²) in [6.45, 7) is 4.57. The van der Waals surface area contributed by atoms with Crippen LogP contribution in [0.3, 0.4) is 0 Å². The van der Waals surface area contributed by atoms with Gasteiger partial charge in [-0.3, -0.25) is 0 Å². The summed E-state index contributed by atoms with van der Waals surface area (Å²) in [7, 11) is 1.66. The summed E-state index contributed by atoms with van der Waals surface area (Å²) in [6.07, 6.45) is 0.767. The van der Waals surface area contributed by atoms with Gasteiger partial charge >= 0.3 is 0 Å². The lowest BCUT2D eigenvalue weighted by Crippen LogP contribution is -2.25. The minimum atomic E-state index is -0.403. The lowest BCUT2D eigenvalue weighted by molar-refractivity contribution is 0.0185. The van der Waals surface area contributed by atoms with Crippen molar-refractivity contribution in [2.75, 3.05) is 19.0 Å². The number of halogens is 1. The first-order chi connectivity index (χ1) is 7.98. The zero-order chi connectivity index (χ0) is 12.9. The molecule has 0 atom stereocenters. The first-order valence-electron chi connectivity index (χ1n) is 5.47. The molecular formula is C13H17FN2O. The molecule has 0 heterocycles. The van der Waals surface area contributed by atoms with Crippen molar-refractivity contribution in [2.45, 2.75) is 25.9 Å². The van der Waals surface area contributed by atoms with E-state index < -0.39 is 5.82 Å². The fraction of sp³-hybridized carbons (Fsp3) is 0.462. The fourth-order valence-electron chi connectivity index (χ4n) is 1.33. The van der Waals surface area contributed by atoms with Gasteiger partial charge in [0.2, 0.25) is 0 Å². The van der Waals surface area contributed by atoms with E-state index in [1.54, 1.807) is 19.2 Å². The fourth-order valence-corrected chi connectivity index (χ4v) is 1.33. The smallest absolute Gasteiger partial charge is 0.147 e. The molecule has 1 N–H and O–H groups in total. The topological polar surface area (TPSA) is 45.0 Å². The maximum Gasteiger partial charge on any atom is 0.147 e. The van der Waals surface area contributed by atoms with Gasteiger partial charge in [0.1, 0.15) is 5.82 Å². The molecule has 0 saturated carbocycles. The maximum absolute atomic E-state index is 13.5. The normalized spacial score (nSPS) is 11.0. The molecule has 0 bridgehead atoms. The van der Waals surface area contributed by atoms with Crippen LogP contribution in [0.5, 0.6) is 0 Å². The van der Waals surface area contributed by atoms with Crippen molar-refractivity contribution in [2.24, 2.45) is 0 Å². The number of rotatable bonds is 5. The van der Waals surface area contributed by atoms with Crippen molar-refractivity contribution in [3.63, 3.8) is 0 Å².